The van der Waals surface area contributed by atoms with Crippen LogP contribution in [0.25, 0.3) is 0 Å². The number of likely N-dealkylation sites (tertiary alicyclic amines) is 1. The number of anilines is 2. The molecule has 1 aromatic carbocycles. The van der Waals surface area contributed by atoms with Gasteiger partial charge in [0.2, 0.25) is 11.8 Å². The van der Waals surface area contributed by atoms with Crippen molar-refractivity contribution in [2.24, 2.45) is 5.92 Å². The first-order chi connectivity index (χ1) is 15.9. The summed E-state index contributed by atoms with van der Waals surface area (Å²) in [5.74, 6) is 0.369. The summed E-state index contributed by atoms with van der Waals surface area (Å²) in [6.45, 7) is 7.08. The van der Waals surface area contributed by atoms with Crippen molar-refractivity contribution in [3.8, 4) is 0 Å². The highest BCUT2D eigenvalue weighted by Crippen LogP contribution is 2.23. The summed E-state index contributed by atoms with van der Waals surface area (Å²) in [4.78, 5) is 37.1. The molecule has 33 heavy (non-hydrogen) atoms. The zero-order valence-electron chi connectivity index (χ0n) is 19.2. The molecule has 2 unspecified atom stereocenters. The van der Waals surface area contributed by atoms with Gasteiger partial charge in [-0.25, -0.2) is 9.97 Å². The van der Waals surface area contributed by atoms with Crippen molar-refractivity contribution < 1.29 is 9.59 Å². The molecule has 2 amide bonds. The van der Waals surface area contributed by atoms with E-state index in [9.17, 15) is 9.59 Å². The Bertz CT molecular complexity index is 1090. The van der Waals surface area contributed by atoms with E-state index in [4.69, 9.17) is 0 Å². The minimum absolute atomic E-state index is 0.0475. The number of rotatable bonds is 8. The summed E-state index contributed by atoms with van der Waals surface area (Å²) in [5.41, 5.74) is 3.52. The predicted octanol–water partition coefficient (Wildman–Crippen LogP) is 4.36. The molecule has 3 heterocycles. The third kappa shape index (κ3) is 5.96. The van der Waals surface area contributed by atoms with Crippen LogP contribution < -0.4 is 10.6 Å². The lowest BCUT2D eigenvalue weighted by Gasteiger charge is -2.17. The molecule has 1 fully saturated rings. The van der Waals surface area contributed by atoms with Gasteiger partial charge in [-0.05, 0) is 69.0 Å². The van der Waals surface area contributed by atoms with Crippen LogP contribution in [0.4, 0.5) is 11.4 Å². The maximum absolute atomic E-state index is 12.7. The average molecular weight is 464 g/mol. The zero-order valence-corrected chi connectivity index (χ0v) is 20.0. The maximum atomic E-state index is 12.7. The molecular formula is C25H29N5O2S. The molecule has 0 bridgehead atoms. The van der Waals surface area contributed by atoms with Crippen molar-refractivity contribution in [1.82, 2.24) is 14.9 Å². The molecule has 1 aliphatic heterocycles. The van der Waals surface area contributed by atoms with E-state index in [1.54, 1.807) is 16.2 Å². The van der Waals surface area contributed by atoms with E-state index < -0.39 is 0 Å². The molecule has 2 N–H and O–H groups in total. The largest absolute Gasteiger partial charge is 0.375 e. The van der Waals surface area contributed by atoms with Gasteiger partial charge in [0.15, 0.2) is 5.82 Å². The van der Waals surface area contributed by atoms with Gasteiger partial charge < -0.3 is 15.5 Å². The van der Waals surface area contributed by atoms with Crippen molar-refractivity contribution in [1.29, 1.82) is 0 Å². The maximum Gasteiger partial charge on any atom is 0.229 e. The molecule has 2 atom stereocenters. The van der Waals surface area contributed by atoms with Crippen LogP contribution in [0.15, 0.2) is 47.8 Å². The van der Waals surface area contributed by atoms with Crippen LogP contribution in [0, 0.1) is 19.8 Å². The van der Waals surface area contributed by atoms with Gasteiger partial charge in [-0.2, -0.15) is 0 Å². The van der Waals surface area contributed by atoms with Gasteiger partial charge in [0.05, 0.1) is 12.0 Å². The van der Waals surface area contributed by atoms with Crippen LogP contribution in [-0.2, 0) is 16.0 Å². The van der Waals surface area contributed by atoms with E-state index in [2.05, 4.69) is 26.7 Å². The van der Waals surface area contributed by atoms with Crippen molar-refractivity contribution >= 4 is 34.5 Å². The highest BCUT2D eigenvalue weighted by atomic mass is 32.1. The summed E-state index contributed by atoms with van der Waals surface area (Å²) in [6.07, 6.45) is 1.10. The Morgan fingerprint density at radius 1 is 1.15 bits per heavy atom. The van der Waals surface area contributed by atoms with Crippen molar-refractivity contribution in [3.05, 3.63) is 69.9 Å². The second-order valence-corrected chi connectivity index (χ2v) is 9.54. The number of thiophene rings is 1. The van der Waals surface area contributed by atoms with Crippen LogP contribution in [0.5, 0.6) is 0 Å². The van der Waals surface area contributed by atoms with Gasteiger partial charge in [-0.15, -0.1) is 11.3 Å². The topological polar surface area (TPSA) is 87.2 Å². The van der Waals surface area contributed by atoms with Crippen LogP contribution in [0.1, 0.15) is 41.5 Å². The summed E-state index contributed by atoms with van der Waals surface area (Å²) >= 11 is 1.69. The summed E-state index contributed by atoms with van der Waals surface area (Å²) in [7, 11) is 0. The molecule has 0 saturated carbocycles. The van der Waals surface area contributed by atoms with Crippen molar-refractivity contribution in [3.63, 3.8) is 0 Å². The molecule has 0 radical (unpaired) electrons. The van der Waals surface area contributed by atoms with Crippen LogP contribution in [-0.4, -0.2) is 39.8 Å². The molecule has 2 aromatic heterocycles. The normalized spacial score (nSPS) is 16.6. The Hall–Kier alpha value is -3.26. The Balaban J connectivity index is 1.29. The fraction of sp³-hybridized carbons (Fsp3) is 0.360. The number of nitrogens with zero attached hydrogens (tertiary/aromatic N) is 3. The molecule has 0 spiro atoms. The molecule has 172 valence electrons. The number of carbonyl (C=O) groups excluding carboxylic acids is 2. The average Bonchev–Trinajstić information content (AvgIpc) is 3.42. The fourth-order valence-corrected chi connectivity index (χ4v) is 4.72. The first-order valence-electron chi connectivity index (χ1n) is 11.2. The first kappa shape index (κ1) is 22.9. The standard InChI is InChI=1S/C25H29N5O2S/c1-16-13-17(2)27-24(26-16)18(3)28-20-6-8-21(9-7-20)29-25(32)19-14-23(31)30(15-19)11-10-22-5-4-12-33-22/h4-9,12-13,18-19,28H,10-11,14-15H2,1-3H3,(H,29,32). The number of hydrogen-bond acceptors (Lipinski definition) is 6. The Labute approximate surface area is 198 Å². The number of nitrogens with one attached hydrogen (secondary N) is 2. The number of aromatic nitrogens is 2. The van der Waals surface area contributed by atoms with E-state index in [0.29, 0.717) is 18.8 Å². The molecule has 0 aliphatic carbocycles. The van der Waals surface area contributed by atoms with E-state index in [1.165, 1.54) is 4.88 Å². The van der Waals surface area contributed by atoms with Crippen LogP contribution in [0.3, 0.4) is 0 Å². The van der Waals surface area contributed by atoms with Gasteiger partial charge >= 0.3 is 0 Å². The number of amides is 2. The van der Waals surface area contributed by atoms with Crippen molar-refractivity contribution in [2.75, 3.05) is 23.7 Å². The van der Waals surface area contributed by atoms with Gasteiger partial charge in [-0.1, -0.05) is 6.07 Å². The minimum atomic E-state index is -0.319. The Kier molecular flexibility index (Phi) is 7.03. The quantitative estimate of drug-likeness (QED) is 0.518. The third-order valence-electron chi connectivity index (χ3n) is 5.72. The SMILES string of the molecule is Cc1cc(C)nc(C(C)Nc2ccc(NC(=O)C3CC(=O)N(CCc4cccs4)C3)cc2)n1. The monoisotopic (exact) mass is 463 g/mol. The smallest absolute Gasteiger partial charge is 0.229 e. The van der Waals surface area contributed by atoms with Gasteiger partial charge in [-0.3, -0.25) is 9.59 Å². The van der Waals surface area contributed by atoms with Crippen LogP contribution >= 0.6 is 11.3 Å². The molecular weight excluding hydrogens is 434 g/mol. The highest BCUT2D eigenvalue weighted by Gasteiger charge is 2.34. The van der Waals surface area contributed by atoms with Gasteiger partial charge in [0.1, 0.15) is 0 Å². The van der Waals surface area contributed by atoms with Gasteiger partial charge in [0, 0.05) is 47.2 Å². The summed E-state index contributed by atoms with van der Waals surface area (Å²) in [5, 5.41) is 8.39. The summed E-state index contributed by atoms with van der Waals surface area (Å²) in [6, 6.07) is 13.6. The predicted molar refractivity (Wildman–Crippen MR) is 131 cm³/mol. The Morgan fingerprint density at radius 3 is 2.52 bits per heavy atom. The second-order valence-electron chi connectivity index (χ2n) is 8.51. The molecule has 4 rings (SSSR count). The Morgan fingerprint density at radius 2 is 1.85 bits per heavy atom. The number of carbonyl (C=O) groups is 2. The lowest BCUT2D eigenvalue weighted by molar-refractivity contribution is -0.128. The number of benzene rings is 1. The van der Waals surface area contributed by atoms with Crippen LogP contribution in [0.2, 0.25) is 0 Å². The lowest BCUT2D eigenvalue weighted by Crippen LogP contribution is -2.29. The number of hydrogen-bond donors (Lipinski definition) is 2. The molecule has 1 saturated heterocycles. The van der Waals surface area contributed by atoms with E-state index in [0.717, 1.165) is 29.3 Å². The molecule has 8 heteroatoms. The zero-order chi connectivity index (χ0) is 23.4. The lowest BCUT2D eigenvalue weighted by atomic mass is 10.1. The van der Waals surface area contributed by atoms with E-state index in [1.807, 2.05) is 62.5 Å². The molecule has 1 aliphatic rings. The highest BCUT2D eigenvalue weighted by molar-refractivity contribution is 7.09. The van der Waals surface area contributed by atoms with E-state index >= 15 is 0 Å². The third-order valence-corrected chi connectivity index (χ3v) is 6.65. The second kappa shape index (κ2) is 10.1. The van der Waals surface area contributed by atoms with Crippen molar-refractivity contribution in [2.45, 2.75) is 39.7 Å². The molecule has 3 aromatic rings. The summed E-state index contributed by atoms with van der Waals surface area (Å²) < 4.78 is 0. The van der Waals surface area contributed by atoms with E-state index in [-0.39, 0.29) is 30.2 Å². The fourth-order valence-electron chi connectivity index (χ4n) is 4.02. The number of aryl methyl sites for hydroxylation is 2. The first-order valence-corrected chi connectivity index (χ1v) is 12.0. The van der Waals surface area contributed by atoms with Gasteiger partial charge in [0.25, 0.3) is 0 Å². The minimum Gasteiger partial charge on any atom is -0.375 e. The molecule has 7 nitrogen and oxygen atoms in total.